The molecule has 5 heteroatoms. The zero-order chi connectivity index (χ0) is 15.1. The Hall–Kier alpha value is -1.91. The molecule has 2 fully saturated rings. The topological polar surface area (TPSA) is 66.4 Å². The van der Waals surface area contributed by atoms with Crippen LogP contribution in [0.5, 0.6) is 0 Å². The van der Waals surface area contributed by atoms with Gasteiger partial charge >= 0.3 is 5.97 Å². The molecule has 0 unspecified atom stereocenters. The summed E-state index contributed by atoms with van der Waals surface area (Å²) >= 11 is 0. The molecule has 1 aromatic rings. The van der Waals surface area contributed by atoms with E-state index in [1.54, 1.807) is 19.1 Å². The van der Waals surface area contributed by atoms with Gasteiger partial charge in [-0.15, -0.1) is 0 Å². The van der Waals surface area contributed by atoms with E-state index < -0.39 is 17.8 Å². The van der Waals surface area contributed by atoms with Gasteiger partial charge in [-0.1, -0.05) is 6.07 Å². The fourth-order valence-corrected chi connectivity index (χ4v) is 3.92. The summed E-state index contributed by atoms with van der Waals surface area (Å²) in [7, 11) is 0. The molecule has 2 N–H and O–H groups in total. The number of anilines is 1. The molecule has 112 valence electrons. The molecule has 0 radical (unpaired) electrons. The standard InChI is InChI=1S/C16H18FNO3/c1-8-2-5-11(7-12(8)17)18-15(19)13-9-3-4-10(6-9)14(13)16(20)21/h2,5,7,9-10,13-14H,3-4,6H2,1H3,(H,18,19)(H,20,21)/t9-,10-,13+,14-/m0/s1. The van der Waals surface area contributed by atoms with Crippen LogP contribution >= 0.6 is 0 Å². The number of hydrogen-bond donors (Lipinski definition) is 2. The maximum absolute atomic E-state index is 13.5. The van der Waals surface area contributed by atoms with Crippen molar-refractivity contribution in [2.24, 2.45) is 23.7 Å². The van der Waals surface area contributed by atoms with Crippen LogP contribution in [0, 0.1) is 36.4 Å². The Kier molecular flexibility index (Phi) is 3.43. The molecule has 2 aliphatic carbocycles. The van der Waals surface area contributed by atoms with Crippen LogP contribution in [0.4, 0.5) is 10.1 Å². The van der Waals surface area contributed by atoms with Crippen LogP contribution in [0.3, 0.4) is 0 Å². The minimum absolute atomic E-state index is 0.109. The highest BCUT2D eigenvalue weighted by Gasteiger charge is 2.53. The number of nitrogens with one attached hydrogen (secondary N) is 1. The van der Waals surface area contributed by atoms with E-state index in [2.05, 4.69) is 5.32 Å². The number of carboxylic acid groups (broad SMARTS) is 1. The number of rotatable bonds is 3. The fourth-order valence-electron chi connectivity index (χ4n) is 3.92. The predicted octanol–water partition coefficient (Wildman–Crippen LogP) is 2.82. The third kappa shape index (κ3) is 2.41. The second-order valence-corrected chi connectivity index (χ2v) is 6.18. The van der Waals surface area contributed by atoms with E-state index in [-0.39, 0.29) is 23.6 Å². The van der Waals surface area contributed by atoms with Gasteiger partial charge in [-0.05, 0) is 55.7 Å². The molecule has 2 bridgehead atoms. The Morgan fingerprint density at radius 2 is 1.90 bits per heavy atom. The van der Waals surface area contributed by atoms with Crippen molar-refractivity contribution in [1.82, 2.24) is 0 Å². The van der Waals surface area contributed by atoms with E-state index in [0.717, 1.165) is 19.3 Å². The number of fused-ring (bicyclic) bond motifs is 2. The summed E-state index contributed by atoms with van der Waals surface area (Å²) in [4.78, 5) is 23.8. The van der Waals surface area contributed by atoms with Crippen molar-refractivity contribution < 1.29 is 19.1 Å². The van der Waals surface area contributed by atoms with Gasteiger partial charge in [0, 0.05) is 5.69 Å². The Morgan fingerprint density at radius 1 is 1.24 bits per heavy atom. The number of halogens is 1. The first kappa shape index (κ1) is 14.0. The quantitative estimate of drug-likeness (QED) is 0.900. The lowest BCUT2D eigenvalue weighted by atomic mass is 9.78. The molecule has 0 aliphatic heterocycles. The third-order valence-corrected chi connectivity index (χ3v) is 4.94. The van der Waals surface area contributed by atoms with E-state index in [0.29, 0.717) is 11.3 Å². The highest BCUT2D eigenvalue weighted by atomic mass is 19.1. The van der Waals surface area contributed by atoms with Crippen LogP contribution in [0.15, 0.2) is 18.2 Å². The van der Waals surface area contributed by atoms with Gasteiger partial charge in [0.2, 0.25) is 5.91 Å². The normalized spacial score (nSPS) is 30.4. The smallest absolute Gasteiger partial charge is 0.307 e. The van der Waals surface area contributed by atoms with Gasteiger partial charge in [-0.3, -0.25) is 9.59 Å². The Morgan fingerprint density at radius 3 is 2.52 bits per heavy atom. The third-order valence-electron chi connectivity index (χ3n) is 4.94. The van der Waals surface area contributed by atoms with Crippen LogP contribution in [-0.2, 0) is 9.59 Å². The van der Waals surface area contributed by atoms with Crippen LogP contribution < -0.4 is 5.32 Å². The fraction of sp³-hybridized carbons (Fsp3) is 0.500. The molecule has 3 rings (SSSR count). The number of amides is 1. The van der Waals surface area contributed by atoms with Crippen molar-refractivity contribution in [1.29, 1.82) is 0 Å². The molecule has 4 nitrogen and oxygen atoms in total. The summed E-state index contributed by atoms with van der Waals surface area (Å²) in [6, 6.07) is 4.51. The van der Waals surface area contributed by atoms with E-state index in [1.807, 2.05) is 0 Å². The second kappa shape index (κ2) is 5.13. The minimum Gasteiger partial charge on any atom is -0.481 e. The monoisotopic (exact) mass is 291 g/mol. The van der Waals surface area contributed by atoms with Gasteiger partial charge in [0.05, 0.1) is 11.8 Å². The largest absolute Gasteiger partial charge is 0.481 e. The molecular formula is C16H18FNO3. The van der Waals surface area contributed by atoms with E-state index in [9.17, 15) is 19.1 Å². The van der Waals surface area contributed by atoms with Crippen LogP contribution in [0.1, 0.15) is 24.8 Å². The highest BCUT2D eigenvalue weighted by molar-refractivity contribution is 5.96. The zero-order valence-electron chi connectivity index (χ0n) is 11.8. The van der Waals surface area contributed by atoms with Gasteiger partial charge in [0.1, 0.15) is 5.82 Å². The number of carbonyl (C=O) groups is 2. The lowest BCUT2D eigenvalue weighted by Gasteiger charge is -2.27. The molecule has 1 amide bonds. The van der Waals surface area contributed by atoms with Gasteiger partial charge in [0.25, 0.3) is 0 Å². The van der Waals surface area contributed by atoms with Crippen molar-refractivity contribution in [2.75, 3.05) is 5.32 Å². The first-order valence-corrected chi connectivity index (χ1v) is 7.27. The number of aliphatic carboxylic acids is 1. The maximum Gasteiger partial charge on any atom is 0.307 e. The summed E-state index contributed by atoms with van der Waals surface area (Å²) < 4.78 is 13.5. The van der Waals surface area contributed by atoms with E-state index in [4.69, 9.17) is 0 Å². The molecule has 0 saturated heterocycles. The predicted molar refractivity (Wildman–Crippen MR) is 75.2 cm³/mol. The lowest BCUT2D eigenvalue weighted by molar-refractivity contribution is -0.148. The van der Waals surface area contributed by atoms with E-state index >= 15 is 0 Å². The van der Waals surface area contributed by atoms with Crippen molar-refractivity contribution in [2.45, 2.75) is 26.2 Å². The molecule has 0 aromatic heterocycles. The van der Waals surface area contributed by atoms with Gasteiger partial charge in [-0.25, -0.2) is 4.39 Å². The summed E-state index contributed by atoms with van der Waals surface area (Å²) in [6.07, 6.45) is 2.62. The van der Waals surface area contributed by atoms with Crippen LogP contribution in [0.25, 0.3) is 0 Å². The van der Waals surface area contributed by atoms with Gasteiger partial charge < -0.3 is 10.4 Å². The minimum atomic E-state index is -0.891. The van der Waals surface area contributed by atoms with Crippen LogP contribution in [-0.4, -0.2) is 17.0 Å². The molecule has 0 heterocycles. The molecule has 4 atom stereocenters. The molecular weight excluding hydrogens is 273 g/mol. The van der Waals surface area contributed by atoms with Gasteiger partial charge in [0.15, 0.2) is 0 Å². The SMILES string of the molecule is Cc1ccc(NC(=O)[C@@H]2[C@H]3CC[C@@H](C3)[C@@H]2C(=O)O)cc1F. The average Bonchev–Trinajstić information content (AvgIpc) is 3.03. The number of aryl methyl sites for hydroxylation is 1. The summed E-state index contributed by atoms with van der Waals surface area (Å²) in [5, 5.41) is 12.0. The van der Waals surface area contributed by atoms with Crippen molar-refractivity contribution in [3.05, 3.63) is 29.6 Å². The number of carboxylic acids is 1. The van der Waals surface area contributed by atoms with Crippen molar-refractivity contribution in [3.63, 3.8) is 0 Å². The van der Waals surface area contributed by atoms with E-state index in [1.165, 1.54) is 6.07 Å². The molecule has 2 saturated carbocycles. The molecule has 2 aliphatic rings. The molecule has 0 spiro atoms. The number of carbonyl (C=O) groups excluding carboxylic acids is 1. The van der Waals surface area contributed by atoms with Crippen LogP contribution in [0.2, 0.25) is 0 Å². The summed E-state index contributed by atoms with van der Waals surface area (Å²) in [6.45, 7) is 1.65. The Balaban J connectivity index is 1.78. The summed E-state index contributed by atoms with van der Waals surface area (Å²) in [5.41, 5.74) is 0.895. The van der Waals surface area contributed by atoms with Crippen molar-refractivity contribution >= 4 is 17.6 Å². The molecule has 1 aromatic carbocycles. The van der Waals surface area contributed by atoms with Crippen molar-refractivity contribution in [3.8, 4) is 0 Å². The highest BCUT2D eigenvalue weighted by Crippen LogP contribution is 2.52. The first-order valence-electron chi connectivity index (χ1n) is 7.27. The zero-order valence-corrected chi connectivity index (χ0v) is 11.8. The Labute approximate surface area is 122 Å². The Bertz CT molecular complexity index is 601. The first-order chi connectivity index (χ1) is 9.97. The number of benzene rings is 1. The lowest BCUT2D eigenvalue weighted by Crippen LogP contribution is -2.37. The number of hydrogen-bond acceptors (Lipinski definition) is 2. The summed E-state index contributed by atoms with van der Waals surface area (Å²) in [5.74, 6) is -2.40. The molecule has 21 heavy (non-hydrogen) atoms. The maximum atomic E-state index is 13.5. The van der Waals surface area contributed by atoms with Gasteiger partial charge in [-0.2, -0.15) is 0 Å². The second-order valence-electron chi connectivity index (χ2n) is 6.18. The average molecular weight is 291 g/mol.